The Labute approximate surface area is 64.2 Å². The molecule has 0 aliphatic rings. The zero-order valence-electron chi connectivity index (χ0n) is 3.62. The van der Waals surface area contributed by atoms with Crippen molar-refractivity contribution in [2.45, 2.75) is 6.42 Å². The third kappa shape index (κ3) is 9.06. The minimum atomic E-state index is 0. The molecule has 0 N–H and O–H groups in total. The van der Waals surface area contributed by atoms with E-state index in [1.165, 1.54) is 6.16 Å². The van der Waals surface area contributed by atoms with Crippen molar-refractivity contribution < 1.29 is 0 Å². The minimum absolute atomic E-state index is 0. The van der Waals surface area contributed by atoms with Crippen LogP contribution in [0.4, 0.5) is 0 Å². The fourth-order valence-electron chi connectivity index (χ4n) is 0.177. The van der Waals surface area contributed by atoms with Crippen molar-refractivity contribution in [3.8, 4) is 0 Å². The fraction of sp³-hybridized carbons (Fsp3) is 0.750. The van der Waals surface area contributed by atoms with Gasteiger partial charge in [0.05, 0.1) is 0 Å². The molecule has 0 fully saturated rings. The van der Waals surface area contributed by atoms with Gasteiger partial charge >= 0.3 is 29.6 Å². The quantitative estimate of drug-likeness (QED) is 0.368. The van der Waals surface area contributed by atoms with Crippen LogP contribution in [0.25, 0.3) is 0 Å². The predicted molar refractivity (Wildman–Crippen MR) is 36.2 cm³/mol. The van der Waals surface area contributed by atoms with Crippen molar-refractivity contribution in [2.75, 3.05) is 12.8 Å². The van der Waals surface area contributed by atoms with E-state index in [0.717, 1.165) is 15.0 Å². The van der Waals surface area contributed by atoms with Crippen LogP contribution in [-0.4, -0.2) is 42.4 Å². The standard InChI is InChI=1S/C4H10P.Na.H/c1-3-4-5-2;;/h5H,1,3-4H2,2H3;;. The van der Waals surface area contributed by atoms with E-state index < -0.39 is 0 Å². The van der Waals surface area contributed by atoms with Crippen LogP contribution in [-0.2, 0) is 0 Å². The molecular formula is C4H11NaP. The Hall–Kier alpha value is 1.43. The van der Waals surface area contributed by atoms with E-state index in [1.54, 1.807) is 0 Å². The van der Waals surface area contributed by atoms with Crippen molar-refractivity contribution >= 4 is 38.1 Å². The van der Waals surface area contributed by atoms with Gasteiger partial charge in [0.1, 0.15) is 0 Å². The molecule has 2 heteroatoms. The first-order valence-corrected chi connectivity index (χ1v) is 3.56. The Morgan fingerprint density at radius 2 is 2.17 bits per heavy atom. The average molecular weight is 113 g/mol. The molecule has 0 aliphatic carbocycles. The van der Waals surface area contributed by atoms with Crippen LogP contribution >= 0.6 is 8.58 Å². The van der Waals surface area contributed by atoms with Gasteiger partial charge in [-0.25, -0.2) is 0 Å². The number of hydrogen-bond acceptors (Lipinski definition) is 0. The van der Waals surface area contributed by atoms with Gasteiger partial charge in [-0.05, 0) is 19.2 Å². The third-order valence-electron chi connectivity index (χ3n) is 0.427. The zero-order chi connectivity index (χ0) is 4.12. The molecule has 0 nitrogen and oxygen atoms in total. The first-order chi connectivity index (χ1) is 2.41. The van der Waals surface area contributed by atoms with E-state index in [0.29, 0.717) is 0 Å². The van der Waals surface area contributed by atoms with E-state index in [4.69, 9.17) is 0 Å². The summed E-state index contributed by atoms with van der Waals surface area (Å²) in [4.78, 5) is 0. The van der Waals surface area contributed by atoms with Crippen molar-refractivity contribution in [2.24, 2.45) is 0 Å². The maximum atomic E-state index is 3.68. The molecule has 0 saturated carbocycles. The molecule has 0 rings (SSSR count). The molecule has 0 bridgehead atoms. The van der Waals surface area contributed by atoms with E-state index in [2.05, 4.69) is 13.6 Å². The maximum absolute atomic E-state index is 3.68. The summed E-state index contributed by atoms with van der Waals surface area (Å²) in [6, 6.07) is 0. The monoisotopic (exact) mass is 113 g/mol. The second kappa shape index (κ2) is 9.66. The molecule has 0 aliphatic heterocycles. The first-order valence-electron chi connectivity index (χ1n) is 1.85. The van der Waals surface area contributed by atoms with E-state index in [-0.39, 0.29) is 29.6 Å². The van der Waals surface area contributed by atoms with Gasteiger partial charge < -0.3 is 0 Å². The second-order valence-electron chi connectivity index (χ2n) is 0.957. The fourth-order valence-corrected chi connectivity index (χ4v) is 0.530. The van der Waals surface area contributed by atoms with Gasteiger partial charge in [0, 0.05) is 0 Å². The number of rotatable bonds is 2. The Balaban J connectivity index is 0. The van der Waals surface area contributed by atoms with Crippen molar-refractivity contribution in [1.82, 2.24) is 0 Å². The van der Waals surface area contributed by atoms with Crippen LogP contribution in [0.1, 0.15) is 6.42 Å². The molecule has 0 amide bonds. The van der Waals surface area contributed by atoms with E-state index >= 15 is 0 Å². The predicted octanol–water partition coefficient (Wildman–Crippen LogP) is 0.870. The van der Waals surface area contributed by atoms with E-state index in [1.807, 2.05) is 0 Å². The summed E-state index contributed by atoms with van der Waals surface area (Å²) >= 11 is 0. The molecule has 1 unspecified atom stereocenters. The molecule has 6 heavy (non-hydrogen) atoms. The van der Waals surface area contributed by atoms with Gasteiger partial charge in [-0.2, -0.15) is 0 Å². The molecule has 0 aromatic heterocycles. The van der Waals surface area contributed by atoms with Crippen LogP contribution in [0.3, 0.4) is 0 Å². The van der Waals surface area contributed by atoms with Crippen molar-refractivity contribution in [1.29, 1.82) is 0 Å². The van der Waals surface area contributed by atoms with Crippen molar-refractivity contribution in [3.05, 3.63) is 6.92 Å². The summed E-state index contributed by atoms with van der Waals surface area (Å²) in [6.45, 7) is 5.88. The normalized spacial score (nSPS) is 9.00. The van der Waals surface area contributed by atoms with Gasteiger partial charge in [0.15, 0.2) is 0 Å². The van der Waals surface area contributed by atoms with Crippen LogP contribution in [0.2, 0.25) is 0 Å². The van der Waals surface area contributed by atoms with Gasteiger partial charge in [-0.15, -0.1) is 8.58 Å². The SMILES string of the molecule is [CH2]CCPC.[NaH]. The second-order valence-corrected chi connectivity index (χ2v) is 2.16. The molecule has 0 heterocycles. The molecule has 1 radical (unpaired) electrons. The van der Waals surface area contributed by atoms with Gasteiger partial charge in [-0.1, -0.05) is 6.92 Å². The third-order valence-corrected chi connectivity index (χ3v) is 1.28. The summed E-state index contributed by atoms with van der Waals surface area (Å²) in [5.74, 6) is 0. The van der Waals surface area contributed by atoms with Gasteiger partial charge in [0.2, 0.25) is 0 Å². The number of hydrogen-bond donors (Lipinski definition) is 0. The van der Waals surface area contributed by atoms with Crippen molar-refractivity contribution in [3.63, 3.8) is 0 Å². The van der Waals surface area contributed by atoms with Gasteiger partial charge in [0.25, 0.3) is 0 Å². The summed E-state index contributed by atoms with van der Waals surface area (Å²) < 4.78 is 0. The van der Waals surface area contributed by atoms with Crippen LogP contribution in [0.5, 0.6) is 0 Å². The van der Waals surface area contributed by atoms with Crippen LogP contribution in [0.15, 0.2) is 0 Å². The topological polar surface area (TPSA) is 0 Å². The van der Waals surface area contributed by atoms with Crippen LogP contribution < -0.4 is 0 Å². The molecule has 1 atom stereocenters. The van der Waals surface area contributed by atoms with E-state index in [9.17, 15) is 0 Å². The Morgan fingerprint density at radius 3 is 2.17 bits per heavy atom. The first kappa shape index (κ1) is 10.4. The summed E-state index contributed by atoms with van der Waals surface area (Å²) in [5.41, 5.74) is 0. The van der Waals surface area contributed by atoms with Gasteiger partial charge in [-0.3, -0.25) is 0 Å². The molecule has 0 aromatic carbocycles. The summed E-state index contributed by atoms with van der Waals surface area (Å²) in [7, 11) is 1.10. The Morgan fingerprint density at radius 1 is 1.67 bits per heavy atom. The molecular weight excluding hydrogens is 102 g/mol. The molecule has 0 aromatic rings. The summed E-state index contributed by atoms with van der Waals surface area (Å²) in [5, 5.41) is 0. The molecule has 0 saturated heterocycles. The Kier molecular flexibility index (Phi) is 16.8. The van der Waals surface area contributed by atoms with Crippen LogP contribution in [0, 0.1) is 6.92 Å². The average Bonchev–Trinajstić information content (AvgIpc) is 1.41. The summed E-state index contributed by atoms with van der Waals surface area (Å²) in [6.07, 6.45) is 2.41. The molecule has 33 valence electrons. The molecule has 0 spiro atoms. The zero-order valence-corrected chi connectivity index (χ0v) is 4.62. The Bertz CT molecular complexity index is 15.0.